The summed E-state index contributed by atoms with van der Waals surface area (Å²) in [6.07, 6.45) is 7.61. The summed E-state index contributed by atoms with van der Waals surface area (Å²) in [7, 11) is 0. The molecule has 0 aromatic heterocycles. The van der Waals surface area contributed by atoms with Crippen molar-refractivity contribution in [1.29, 1.82) is 0 Å². The third kappa shape index (κ3) is 2.40. The molecule has 2 rings (SSSR count). The Morgan fingerprint density at radius 2 is 1.73 bits per heavy atom. The molecule has 2 aliphatic rings. The molecule has 2 fully saturated rings. The highest BCUT2D eigenvalue weighted by molar-refractivity contribution is 8.00. The third-order valence-corrected chi connectivity index (χ3v) is 4.18. The molecule has 1 unspecified atom stereocenters. The first kappa shape index (κ1) is 9.44. The molecule has 0 nitrogen and oxygen atoms in total. The summed E-state index contributed by atoms with van der Waals surface area (Å²) in [5, 5.41) is 1.08. The second kappa shape index (κ2) is 5.08. The van der Waals surface area contributed by atoms with Gasteiger partial charge in [-0.25, -0.2) is 0 Å². The monoisotopic (exact) mass is 172 g/mol. The van der Waals surface area contributed by atoms with E-state index in [-0.39, 0.29) is 0 Å². The first-order valence-corrected chi connectivity index (χ1v) is 6.13. The second-order valence-electron chi connectivity index (χ2n) is 3.24. The van der Waals surface area contributed by atoms with Gasteiger partial charge in [0.25, 0.3) is 0 Å². The summed E-state index contributed by atoms with van der Waals surface area (Å²) >= 11 is 2.23. The Morgan fingerprint density at radius 3 is 2.45 bits per heavy atom. The number of thioether (sulfide) groups is 1. The molecule has 0 aromatic carbocycles. The molecule has 1 heterocycles. The molecule has 1 aliphatic heterocycles. The molecule has 0 amide bonds. The number of rotatable bonds is 0. The fourth-order valence-electron chi connectivity index (χ4n) is 2.09. The molecule has 1 saturated heterocycles. The zero-order chi connectivity index (χ0) is 8.10. The summed E-state index contributed by atoms with van der Waals surface area (Å²) in [5.41, 5.74) is 0. The van der Waals surface area contributed by atoms with Crippen LogP contribution in [0.1, 0.15) is 46.0 Å². The van der Waals surface area contributed by atoms with Crippen LogP contribution in [0.2, 0.25) is 0 Å². The van der Waals surface area contributed by atoms with Crippen LogP contribution in [-0.4, -0.2) is 11.0 Å². The topological polar surface area (TPSA) is 0 Å². The summed E-state index contributed by atoms with van der Waals surface area (Å²) in [5.74, 6) is 2.58. The van der Waals surface area contributed by atoms with E-state index in [9.17, 15) is 0 Å². The van der Waals surface area contributed by atoms with Crippen molar-refractivity contribution in [2.24, 2.45) is 5.92 Å². The fourth-order valence-corrected chi connectivity index (χ4v) is 3.71. The molecule has 0 spiro atoms. The van der Waals surface area contributed by atoms with Crippen LogP contribution in [0.15, 0.2) is 0 Å². The summed E-state index contributed by atoms with van der Waals surface area (Å²) < 4.78 is 0. The predicted octanol–water partition coefficient (Wildman–Crippen LogP) is 3.71. The molecule has 0 bridgehead atoms. The van der Waals surface area contributed by atoms with Gasteiger partial charge in [-0.2, -0.15) is 11.8 Å². The van der Waals surface area contributed by atoms with E-state index in [1.54, 1.807) is 0 Å². The lowest BCUT2D eigenvalue weighted by molar-refractivity contribution is 0.378. The summed E-state index contributed by atoms with van der Waals surface area (Å²) in [6.45, 7) is 4.00. The highest BCUT2D eigenvalue weighted by Gasteiger charge is 2.29. The fraction of sp³-hybridized carbons (Fsp3) is 1.00. The van der Waals surface area contributed by atoms with Gasteiger partial charge in [-0.15, -0.1) is 0 Å². The van der Waals surface area contributed by atoms with E-state index in [0.717, 1.165) is 11.2 Å². The van der Waals surface area contributed by atoms with Gasteiger partial charge in [0.05, 0.1) is 0 Å². The number of hydrogen-bond acceptors (Lipinski definition) is 1. The van der Waals surface area contributed by atoms with E-state index >= 15 is 0 Å². The van der Waals surface area contributed by atoms with Crippen molar-refractivity contribution in [3.05, 3.63) is 0 Å². The van der Waals surface area contributed by atoms with E-state index < -0.39 is 0 Å². The standard InChI is InChI=1S/C8H14S.C2H6/c1-2-4-8-7(3-1)5-6-9-8;1-2/h7-8H,1-6H2;1-2H3/t7-,8?;/m0./s1. The van der Waals surface area contributed by atoms with Crippen molar-refractivity contribution in [2.45, 2.75) is 51.2 Å². The zero-order valence-corrected chi connectivity index (χ0v) is 8.62. The van der Waals surface area contributed by atoms with Gasteiger partial charge in [-0.05, 0) is 30.9 Å². The largest absolute Gasteiger partial charge is 0.158 e. The lowest BCUT2D eigenvalue weighted by atomic mass is 9.87. The lowest BCUT2D eigenvalue weighted by Crippen LogP contribution is -2.15. The van der Waals surface area contributed by atoms with Crippen LogP contribution in [0.3, 0.4) is 0 Å². The minimum Gasteiger partial charge on any atom is -0.158 e. The van der Waals surface area contributed by atoms with Gasteiger partial charge < -0.3 is 0 Å². The lowest BCUT2D eigenvalue weighted by Gasteiger charge is -2.23. The Labute approximate surface area is 75.1 Å². The summed E-state index contributed by atoms with van der Waals surface area (Å²) in [4.78, 5) is 0. The molecule has 1 heteroatoms. The van der Waals surface area contributed by atoms with E-state index in [1.807, 2.05) is 13.8 Å². The highest BCUT2D eigenvalue weighted by Crippen LogP contribution is 2.41. The average Bonchev–Trinajstić information content (AvgIpc) is 2.55. The second-order valence-corrected chi connectivity index (χ2v) is 4.59. The quantitative estimate of drug-likeness (QED) is 0.537. The maximum absolute atomic E-state index is 2.23. The van der Waals surface area contributed by atoms with E-state index in [2.05, 4.69) is 11.8 Å². The Bertz CT molecular complexity index is 89.0. The van der Waals surface area contributed by atoms with Crippen molar-refractivity contribution in [1.82, 2.24) is 0 Å². The minimum absolute atomic E-state index is 1.08. The van der Waals surface area contributed by atoms with Gasteiger partial charge in [0.2, 0.25) is 0 Å². The van der Waals surface area contributed by atoms with Crippen molar-refractivity contribution in [3.8, 4) is 0 Å². The van der Waals surface area contributed by atoms with Crippen LogP contribution in [-0.2, 0) is 0 Å². The van der Waals surface area contributed by atoms with Gasteiger partial charge in [0.15, 0.2) is 0 Å². The van der Waals surface area contributed by atoms with Gasteiger partial charge in [-0.3, -0.25) is 0 Å². The third-order valence-electron chi connectivity index (χ3n) is 2.66. The maximum atomic E-state index is 2.23. The van der Waals surface area contributed by atoms with Crippen LogP contribution in [0.5, 0.6) is 0 Å². The number of hydrogen-bond donors (Lipinski definition) is 0. The zero-order valence-electron chi connectivity index (χ0n) is 7.81. The Morgan fingerprint density at radius 1 is 1.00 bits per heavy atom. The molecular formula is C10H20S. The van der Waals surface area contributed by atoms with Crippen molar-refractivity contribution in [3.63, 3.8) is 0 Å². The first-order chi connectivity index (χ1) is 5.47. The molecule has 1 aliphatic carbocycles. The predicted molar refractivity (Wildman–Crippen MR) is 54.2 cm³/mol. The molecule has 2 atom stereocenters. The molecular weight excluding hydrogens is 152 g/mol. The Hall–Kier alpha value is 0.350. The van der Waals surface area contributed by atoms with Gasteiger partial charge in [0, 0.05) is 5.25 Å². The molecule has 66 valence electrons. The van der Waals surface area contributed by atoms with Crippen LogP contribution in [0, 0.1) is 5.92 Å². The Kier molecular flexibility index (Phi) is 4.36. The number of fused-ring (bicyclic) bond motifs is 1. The van der Waals surface area contributed by atoms with Gasteiger partial charge in [-0.1, -0.05) is 26.7 Å². The summed E-state index contributed by atoms with van der Waals surface area (Å²) in [6, 6.07) is 0. The van der Waals surface area contributed by atoms with Crippen LogP contribution >= 0.6 is 11.8 Å². The maximum Gasteiger partial charge on any atom is 0.00756 e. The normalized spacial score (nSPS) is 35.5. The smallest absolute Gasteiger partial charge is 0.00756 e. The van der Waals surface area contributed by atoms with Crippen molar-refractivity contribution < 1.29 is 0 Å². The van der Waals surface area contributed by atoms with Crippen LogP contribution < -0.4 is 0 Å². The van der Waals surface area contributed by atoms with Gasteiger partial charge >= 0.3 is 0 Å². The minimum atomic E-state index is 1.08. The average molecular weight is 172 g/mol. The van der Waals surface area contributed by atoms with Gasteiger partial charge in [0.1, 0.15) is 0 Å². The van der Waals surface area contributed by atoms with E-state index in [4.69, 9.17) is 0 Å². The highest BCUT2D eigenvalue weighted by atomic mass is 32.2. The molecule has 0 aromatic rings. The first-order valence-electron chi connectivity index (χ1n) is 5.08. The Balaban J connectivity index is 0.000000281. The van der Waals surface area contributed by atoms with Crippen molar-refractivity contribution >= 4 is 11.8 Å². The molecule has 11 heavy (non-hydrogen) atoms. The molecule has 1 saturated carbocycles. The van der Waals surface area contributed by atoms with Crippen molar-refractivity contribution in [2.75, 3.05) is 5.75 Å². The van der Waals surface area contributed by atoms with Crippen LogP contribution in [0.25, 0.3) is 0 Å². The van der Waals surface area contributed by atoms with E-state index in [1.165, 1.54) is 37.9 Å². The van der Waals surface area contributed by atoms with Crippen LogP contribution in [0.4, 0.5) is 0 Å². The SMILES string of the molecule is C1CC[C@H]2CCSC2C1.CC. The van der Waals surface area contributed by atoms with E-state index in [0.29, 0.717) is 0 Å². The molecule has 0 radical (unpaired) electrons. The molecule has 0 N–H and O–H groups in total.